The number of amides is 2. The molecule has 0 bridgehead atoms. The van der Waals surface area contributed by atoms with Crippen LogP contribution in [-0.4, -0.2) is 27.6 Å². The van der Waals surface area contributed by atoms with E-state index < -0.39 is 10.8 Å². The van der Waals surface area contributed by atoms with Crippen molar-refractivity contribution in [2.45, 2.75) is 13.3 Å². The van der Waals surface area contributed by atoms with Gasteiger partial charge < -0.3 is 10.4 Å². The Bertz CT molecular complexity index is 844. The van der Waals surface area contributed by atoms with Crippen LogP contribution in [0.25, 0.3) is 0 Å². The lowest BCUT2D eigenvalue weighted by atomic mass is 10.2. The molecule has 0 aliphatic carbocycles. The summed E-state index contributed by atoms with van der Waals surface area (Å²) in [7, 11) is 0. The zero-order valence-electron chi connectivity index (χ0n) is 13.8. The van der Waals surface area contributed by atoms with E-state index >= 15 is 0 Å². The quantitative estimate of drug-likeness (QED) is 0.415. The van der Waals surface area contributed by atoms with E-state index in [-0.39, 0.29) is 23.8 Å². The van der Waals surface area contributed by atoms with Gasteiger partial charge in [0.15, 0.2) is 0 Å². The highest BCUT2D eigenvalue weighted by Gasteiger charge is 2.09. The number of non-ortho nitro benzene ring substituents is 1. The maximum Gasteiger partial charge on any atom is 0.271 e. The molecule has 0 aliphatic heterocycles. The Labute approximate surface area is 148 Å². The van der Waals surface area contributed by atoms with E-state index in [0.717, 1.165) is 0 Å². The summed E-state index contributed by atoms with van der Waals surface area (Å²) in [5.41, 5.74) is 3.35. The van der Waals surface area contributed by atoms with Crippen molar-refractivity contribution in [3.63, 3.8) is 0 Å². The molecule has 0 saturated carbocycles. The predicted octanol–water partition coefficient (Wildman–Crippen LogP) is 2.43. The number of benzene rings is 2. The van der Waals surface area contributed by atoms with Crippen molar-refractivity contribution in [1.29, 1.82) is 0 Å². The summed E-state index contributed by atoms with van der Waals surface area (Å²) in [5, 5.41) is 26.2. The molecule has 2 rings (SSSR count). The molecule has 0 aromatic heterocycles. The van der Waals surface area contributed by atoms with Crippen LogP contribution in [0, 0.1) is 10.1 Å². The van der Waals surface area contributed by atoms with Crippen molar-refractivity contribution >= 4 is 28.9 Å². The van der Waals surface area contributed by atoms with Crippen molar-refractivity contribution in [3.05, 3.63) is 64.2 Å². The van der Waals surface area contributed by atoms with Crippen LogP contribution >= 0.6 is 0 Å². The topological polar surface area (TPSA) is 134 Å². The molecule has 0 spiro atoms. The van der Waals surface area contributed by atoms with E-state index in [1.165, 1.54) is 48.5 Å². The van der Waals surface area contributed by atoms with E-state index in [4.69, 9.17) is 0 Å². The van der Waals surface area contributed by atoms with Gasteiger partial charge in [-0.1, -0.05) is 0 Å². The van der Waals surface area contributed by atoms with Gasteiger partial charge in [-0.3, -0.25) is 19.7 Å². The van der Waals surface area contributed by atoms with Crippen LogP contribution in [0.15, 0.2) is 53.6 Å². The fourth-order valence-electron chi connectivity index (χ4n) is 1.97. The van der Waals surface area contributed by atoms with Gasteiger partial charge in [0, 0.05) is 29.1 Å². The van der Waals surface area contributed by atoms with Crippen LogP contribution in [0.1, 0.15) is 23.7 Å². The number of aromatic hydroxyl groups is 1. The highest BCUT2D eigenvalue weighted by Crippen LogP contribution is 2.15. The zero-order chi connectivity index (χ0) is 19.1. The maximum absolute atomic E-state index is 11.9. The van der Waals surface area contributed by atoms with Crippen LogP contribution in [-0.2, 0) is 4.79 Å². The highest BCUT2D eigenvalue weighted by molar-refractivity contribution is 6.06. The van der Waals surface area contributed by atoms with E-state index in [2.05, 4.69) is 15.8 Å². The van der Waals surface area contributed by atoms with Crippen molar-refractivity contribution < 1.29 is 19.6 Å². The minimum absolute atomic E-state index is 0.0455. The third-order valence-electron chi connectivity index (χ3n) is 3.26. The largest absolute Gasteiger partial charge is 0.508 e. The molecule has 0 aliphatic rings. The fourth-order valence-corrected chi connectivity index (χ4v) is 1.97. The first-order valence-corrected chi connectivity index (χ1v) is 7.52. The molecule has 2 aromatic carbocycles. The van der Waals surface area contributed by atoms with Gasteiger partial charge in [0.05, 0.1) is 11.3 Å². The second-order valence-corrected chi connectivity index (χ2v) is 5.36. The lowest BCUT2D eigenvalue weighted by Crippen LogP contribution is -2.21. The summed E-state index contributed by atoms with van der Waals surface area (Å²) >= 11 is 0. The average molecular weight is 356 g/mol. The van der Waals surface area contributed by atoms with E-state index in [1.54, 1.807) is 6.92 Å². The number of hydrazone groups is 1. The monoisotopic (exact) mass is 356 g/mol. The number of nitro benzene ring substituents is 1. The molecular weight excluding hydrogens is 340 g/mol. The number of carbonyl (C=O) groups is 2. The van der Waals surface area contributed by atoms with Gasteiger partial charge in [-0.15, -0.1) is 0 Å². The number of phenols is 1. The van der Waals surface area contributed by atoms with Crippen molar-refractivity contribution in [1.82, 2.24) is 5.43 Å². The SMILES string of the molecule is CC(CC(=O)Nc1ccc([N+](=O)[O-])cc1)=NNC(=O)c1ccc(O)cc1. The number of phenolic OH excluding ortho intramolecular Hbond substituents is 1. The van der Waals surface area contributed by atoms with Crippen LogP contribution in [0.4, 0.5) is 11.4 Å². The normalized spacial score (nSPS) is 10.9. The fraction of sp³-hybridized carbons (Fsp3) is 0.118. The Morgan fingerprint density at radius 3 is 2.31 bits per heavy atom. The molecule has 2 amide bonds. The second-order valence-electron chi connectivity index (χ2n) is 5.36. The number of hydrogen-bond donors (Lipinski definition) is 3. The lowest BCUT2D eigenvalue weighted by molar-refractivity contribution is -0.384. The Morgan fingerprint density at radius 1 is 1.12 bits per heavy atom. The zero-order valence-corrected chi connectivity index (χ0v) is 13.8. The van der Waals surface area contributed by atoms with E-state index in [9.17, 15) is 24.8 Å². The molecule has 0 saturated heterocycles. The Kier molecular flexibility index (Phi) is 5.99. The molecule has 9 nitrogen and oxygen atoms in total. The first-order valence-electron chi connectivity index (χ1n) is 7.52. The van der Waals surface area contributed by atoms with E-state index in [0.29, 0.717) is 17.0 Å². The molecule has 134 valence electrons. The summed E-state index contributed by atoms with van der Waals surface area (Å²) in [6.45, 7) is 1.58. The van der Waals surface area contributed by atoms with Gasteiger partial charge >= 0.3 is 0 Å². The molecule has 0 fully saturated rings. The Balaban J connectivity index is 1.87. The molecule has 0 radical (unpaired) electrons. The van der Waals surface area contributed by atoms with Crippen molar-refractivity contribution in [2.24, 2.45) is 5.10 Å². The molecule has 2 aromatic rings. The number of rotatable bonds is 6. The third kappa shape index (κ3) is 5.41. The smallest absolute Gasteiger partial charge is 0.271 e. The highest BCUT2D eigenvalue weighted by atomic mass is 16.6. The number of hydrogen-bond acceptors (Lipinski definition) is 6. The Morgan fingerprint density at radius 2 is 1.73 bits per heavy atom. The summed E-state index contributed by atoms with van der Waals surface area (Å²) in [4.78, 5) is 33.8. The average Bonchev–Trinajstić information content (AvgIpc) is 2.60. The first kappa shape index (κ1) is 18.6. The molecular formula is C17H16N4O5. The second kappa shape index (κ2) is 8.38. The maximum atomic E-state index is 11.9. The molecule has 0 heterocycles. The number of nitrogens with one attached hydrogen (secondary N) is 2. The predicted molar refractivity (Wildman–Crippen MR) is 95.0 cm³/mol. The van der Waals surface area contributed by atoms with Gasteiger partial charge in [-0.2, -0.15) is 5.10 Å². The molecule has 3 N–H and O–H groups in total. The summed E-state index contributed by atoms with van der Waals surface area (Å²) in [6, 6.07) is 11.1. The van der Waals surface area contributed by atoms with Gasteiger partial charge in [-0.05, 0) is 43.3 Å². The van der Waals surface area contributed by atoms with Gasteiger partial charge in [-0.25, -0.2) is 5.43 Å². The van der Waals surface area contributed by atoms with Crippen LogP contribution in [0.2, 0.25) is 0 Å². The summed E-state index contributed by atoms with van der Waals surface area (Å²) < 4.78 is 0. The Hall–Kier alpha value is -3.75. The van der Waals surface area contributed by atoms with E-state index in [1.807, 2.05) is 0 Å². The molecule has 9 heteroatoms. The van der Waals surface area contributed by atoms with Gasteiger partial charge in [0.25, 0.3) is 11.6 Å². The van der Waals surface area contributed by atoms with Crippen LogP contribution in [0.3, 0.4) is 0 Å². The third-order valence-corrected chi connectivity index (χ3v) is 3.26. The van der Waals surface area contributed by atoms with Crippen molar-refractivity contribution in [2.75, 3.05) is 5.32 Å². The van der Waals surface area contributed by atoms with Crippen molar-refractivity contribution in [3.8, 4) is 5.75 Å². The summed E-state index contributed by atoms with van der Waals surface area (Å²) in [5.74, 6) is -0.803. The molecule has 0 atom stereocenters. The molecule has 0 unspecified atom stereocenters. The minimum Gasteiger partial charge on any atom is -0.508 e. The lowest BCUT2D eigenvalue weighted by Gasteiger charge is -2.05. The first-order chi connectivity index (χ1) is 12.3. The number of nitro groups is 1. The minimum atomic E-state index is -0.529. The number of nitrogens with zero attached hydrogens (tertiary/aromatic N) is 2. The summed E-state index contributed by atoms with van der Waals surface area (Å²) in [6.07, 6.45) is -0.0627. The van der Waals surface area contributed by atoms with Crippen LogP contribution < -0.4 is 10.7 Å². The number of carbonyl (C=O) groups excluding carboxylic acids is 2. The standard InChI is InChI=1S/C17H16N4O5/c1-11(19-20-17(24)12-2-8-15(22)9-3-12)10-16(23)18-13-4-6-14(7-5-13)21(25)26/h2-9,22H,10H2,1H3,(H,18,23)(H,20,24). The number of anilines is 1. The molecule has 26 heavy (non-hydrogen) atoms. The van der Waals surface area contributed by atoms with Gasteiger partial charge in [0.2, 0.25) is 5.91 Å². The van der Waals surface area contributed by atoms with Crippen LogP contribution in [0.5, 0.6) is 5.75 Å². The van der Waals surface area contributed by atoms with Gasteiger partial charge in [0.1, 0.15) is 5.75 Å².